The number of rotatable bonds is 10. The highest BCUT2D eigenvalue weighted by Crippen LogP contribution is 2.19. The fourth-order valence-corrected chi connectivity index (χ4v) is 3.53. The van der Waals surface area contributed by atoms with Gasteiger partial charge in [0.25, 0.3) is 11.8 Å². The summed E-state index contributed by atoms with van der Waals surface area (Å²) in [5.41, 5.74) is 17.1. The van der Waals surface area contributed by atoms with Crippen LogP contribution in [0.5, 0.6) is 0 Å². The summed E-state index contributed by atoms with van der Waals surface area (Å²) in [4.78, 5) is 32.9. The summed E-state index contributed by atoms with van der Waals surface area (Å²) in [5, 5.41) is 4.64. The Hall–Kier alpha value is -3.37. The molecule has 0 saturated carbocycles. The molecule has 33 heavy (non-hydrogen) atoms. The number of carbonyl (C=O) groups is 2. The van der Waals surface area contributed by atoms with E-state index < -0.39 is 6.04 Å². The van der Waals surface area contributed by atoms with Crippen molar-refractivity contribution in [2.24, 2.45) is 16.5 Å². The van der Waals surface area contributed by atoms with Crippen molar-refractivity contribution in [1.82, 2.24) is 20.7 Å². The van der Waals surface area contributed by atoms with Gasteiger partial charge in [-0.1, -0.05) is 31.2 Å². The molecule has 2 heterocycles. The van der Waals surface area contributed by atoms with Gasteiger partial charge in [0.2, 0.25) is 0 Å². The number of aryl methyl sites for hydroxylation is 1. The van der Waals surface area contributed by atoms with Crippen LogP contribution < -0.4 is 22.2 Å². The van der Waals surface area contributed by atoms with Gasteiger partial charge >= 0.3 is 0 Å². The predicted molar refractivity (Wildman–Crippen MR) is 127 cm³/mol. The number of aromatic amines is 1. The van der Waals surface area contributed by atoms with Gasteiger partial charge in [-0.3, -0.25) is 20.0 Å². The molecule has 0 spiro atoms. The Bertz CT molecular complexity index is 945. The predicted octanol–water partition coefficient (Wildman–Crippen LogP) is 0.760. The monoisotopic (exact) mass is 455 g/mol. The molecule has 1 aliphatic rings. The average molecular weight is 456 g/mol. The Balaban J connectivity index is 1.65. The molecule has 1 saturated heterocycles. The molecule has 0 radical (unpaired) electrons. The Labute approximate surface area is 193 Å². The van der Waals surface area contributed by atoms with E-state index >= 15 is 0 Å². The van der Waals surface area contributed by atoms with Crippen molar-refractivity contribution in [3.05, 3.63) is 47.7 Å². The number of amides is 2. The van der Waals surface area contributed by atoms with Crippen molar-refractivity contribution < 1.29 is 14.3 Å². The molecule has 7 N–H and O–H groups in total. The molecule has 1 atom stereocenters. The minimum atomic E-state index is -0.731. The van der Waals surface area contributed by atoms with Crippen LogP contribution in [0.1, 0.15) is 35.8 Å². The first-order valence-electron chi connectivity index (χ1n) is 11.2. The van der Waals surface area contributed by atoms with Gasteiger partial charge in [0, 0.05) is 25.3 Å². The van der Waals surface area contributed by atoms with Crippen LogP contribution in [0.2, 0.25) is 0 Å². The lowest BCUT2D eigenvalue weighted by molar-refractivity contribution is -0.130. The summed E-state index contributed by atoms with van der Waals surface area (Å²) < 4.78 is 5.31. The van der Waals surface area contributed by atoms with Crippen molar-refractivity contribution in [2.75, 3.05) is 32.8 Å². The number of H-pyrrole nitrogens is 1. The topological polar surface area (TPSA) is 151 Å². The van der Waals surface area contributed by atoms with Crippen LogP contribution in [-0.2, 0) is 16.0 Å². The molecular weight excluding hydrogens is 422 g/mol. The summed E-state index contributed by atoms with van der Waals surface area (Å²) in [6, 6.07) is 11.0. The number of carbonyl (C=O) groups excluding carboxylic acids is 2. The lowest BCUT2D eigenvalue weighted by Crippen LogP contribution is -2.55. The quantitative estimate of drug-likeness (QED) is 0.203. The number of ether oxygens (including phenoxy) is 1. The standard InChI is InChI=1S/C23H33N7O3/c1-2-16-5-7-17(8-6-16)18-9-10-20(27-18)21(31)28-19(4-3-11-26-23(24)25)22(32)29-30-12-14-33-15-13-30/h5-10,19,27H,2-4,11-15H2,1H3,(H,28,31)(H,29,32)(H4,24,25,26). The number of nitrogens with one attached hydrogen (secondary N) is 3. The normalized spacial score (nSPS) is 14.9. The van der Waals surface area contributed by atoms with Crippen LogP contribution in [0.25, 0.3) is 11.3 Å². The molecule has 3 rings (SSSR count). The first kappa shape index (κ1) is 24.3. The highest BCUT2D eigenvalue weighted by Gasteiger charge is 2.24. The highest BCUT2D eigenvalue weighted by molar-refractivity contribution is 5.96. The summed E-state index contributed by atoms with van der Waals surface area (Å²) >= 11 is 0. The van der Waals surface area contributed by atoms with Crippen molar-refractivity contribution in [2.45, 2.75) is 32.2 Å². The third-order valence-corrected chi connectivity index (χ3v) is 5.45. The number of aromatic nitrogens is 1. The maximum atomic E-state index is 12.9. The Morgan fingerprint density at radius 2 is 1.88 bits per heavy atom. The number of aliphatic imine (C=N–C) groups is 1. The number of hydrazine groups is 1. The number of nitrogens with two attached hydrogens (primary N) is 2. The molecule has 2 aromatic rings. The minimum absolute atomic E-state index is 0.000705. The van der Waals surface area contributed by atoms with Gasteiger partial charge in [0.05, 0.1) is 13.2 Å². The van der Waals surface area contributed by atoms with Gasteiger partial charge in [0.1, 0.15) is 11.7 Å². The number of hydrogen-bond acceptors (Lipinski definition) is 5. The van der Waals surface area contributed by atoms with E-state index in [2.05, 4.69) is 39.8 Å². The second-order valence-electron chi connectivity index (χ2n) is 7.89. The zero-order valence-electron chi connectivity index (χ0n) is 19.0. The van der Waals surface area contributed by atoms with Gasteiger partial charge in [-0.2, -0.15) is 0 Å². The smallest absolute Gasteiger partial charge is 0.268 e. The van der Waals surface area contributed by atoms with Gasteiger partial charge < -0.3 is 26.5 Å². The van der Waals surface area contributed by atoms with E-state index in [1.165, 1.54) is 5.56 Å². The summed E-state index contributed by atoms with van der Waals surface area (Å²) in [6.07, 6.45) is 1.90. The van der Waals surface area contributed by atoms with E-state index in [0.717, 1.165) is 17.7 Å². The molecule has 10 heteroatoms. The molecular formula is C23H33N7O3. The Morgan fingerprint density at radius 3 is 2.55 bits per heavy atom. The summed E-state index contributed by atoms with van der Waals surface area (Å²) in [5.74, 6) is -0.633. The molecule has 10 nitrogen and oxygen atoms in total. The third-order valence-electron chi connectivity index (χ3n) is 5.45. The van der Waals surface area contributed by atoms with E-state index in [-0.39, 0.29) is 17.8 Å². The molecule has 1 aromatic heterocycles. The lowest BCUT2D eigenvalue weighted by atomic mass is 10.1. The molecule has 0 aliphatic carbocycles. The van der Waals surface area contributed by atoms with E-state index in [0.29, 0.717) is 51.4 Å². The number of hydrogen-bond donors (Lipinski definition) is 5. The van der Waals surface area contributed by atoms with Crippen LogP contribution in [0.3, 0.4) is 0 Å². The second kappa shape index (κ2) is 12.0. The fraction of sp³-hybridized carbons (Fsp3) is 0.435. The van der Waals surface area contributed by atoms with Crippen LogP contribution in [-0.4, -0.2) is 66.7 Å². The average Bonchev–Trinajstić information content (AvgIpc) is 3.32. The molecule has 1 fully saturated rings. The maximum absolute atomic E-state index is 12.9. The van der Waals surface area contributed by atoms with Gasteiger partial charge in [-0.15, -0.1) is 0 Å². The maximum Gasteiger partial charge on any atom is 0.268 e. The molecule has 1 aliphatic heterocycles. The lowest BCUT2D eigenvalue weighted by Gasteiger charge is -2.29. The Kier molecular flexibility index (Phi) is 8.85. The van der Waals surface area contributed by atoms with Crippen LogP contribution in [0.15, 0.2) is 41.4 Å². The molecule has 0 bridgehead atoms. The zero-order chi connectivity index (χ0) is 23.6. The number of guanidine groups is 1. The van der Waals surface area contributed by atoms with Crippen molar-refractivity contribution >= 4 is 17.8 Å². The second-order valence-corrected chi connectivity index (χ2v) is 7.89. The van der Waals surface area contributed by atoms with Crippen molar-refractivity contribution in [3.63, 3.8) is 0 Å². The Morgan fingerprint density at radius 1 is 1.15 bits per heavy atom. The van der Waals surface area contributed by atoms with Crippen LogP contribution in [0.4, 0.5) is 0 Å². The molecule has 2 amide bonds. The van der Waals surface area contributed by atoms with Crippen molar-refractivity contribution in [3.8, 4) is 11.3 Å². The first-order chi connectivity index (χ1) is 16.0. The summed E-state index contributed by atoms with van der Waals surface area (Å²) in [7, 11) is 0. The number of morpholine rings is 1. The molecule has 1 unspecified atom stereocenters. The van der Waals surface area contributed by atoms with E-state index in [1.807, 2.05) is 18.2 Å². The highest BCUT2D eigenvalue weighted by atomic mass is 16.5. The number of nitrogens with zero attached hydrogens (tertiary/aromatic N) is 2. The summed E-state index contributed by atoms with van der Waals surface area (Å²) in [6.45, 7) is 4.77. The van der Waals surface area contributed by atoms with Crippen molar-refractivity contribution in [1.29, 1.82) is 0 Å². The fourth-order valence-electron chi connectivity index (χ4n) is 3.53. The van der Waals surface area contributed by atoms with E-state index in [1.54, 1.807) is 11.1 Å². The molecule has 178 valence electrons. The number of benzene rings is 1. The largest absolute Gasteiger partial charge is 0.379 e. The van der Waals surface area contributed by atoms with Crippen LogP contribution in [0, 0.1) is 0 Å². The zero-order valence-corrected chi connectivity index (χ0v) is 19.0. The van der Waals surface area contributed by atoms with E-state index in [9.17, 15) is 9.59 Å². The SMILES string of the molecule is CCc1ccc(-c2ccc(C(=O)NC(CCCN=C(N)N)C(=O)NN3CCOCC3)[nH]2)cc1. The van der Waals surface area contributed by atoms with E-state index in [4.69, 9.17) is 16.2 Å². The minimum Gasteiger partial charge on any atom is -0.379 e. The van der Waals surface area contributed by atoms with Gasteiger partial charge in [0.15, 0.2) is 5.96 Å². The van der Waals surface area contributed by atoms with Crippen LogP contribution >= 0.6 is 0 Å². The van der Waals surface area contributed by atoms with Gasteiger partial charge in [-0.25, -0.2) is 5.01 Å². The molecule has 1 aromatic carbocycles. The van der Waals surface area contributed by atoms with Gasteiger partial charge in [-0.05, 0) is 42.5 Å². The first-order valence-corrected chi connectivity index (χ1v) is 11.2. The third kappa shape index (κ3) is 7.33.